The average molecular weight is 348 g/mol. The lowest BCUT2D eigenvalue weighted by molar-refractivity contribution is 0.444. The van der Waals surface area contributed by atoms with Crippen LogP contribution in [0.15, 0.2) is 12.3 Å². The van der Waals surface area contributed by atoms with Crippen molar-refractivity contribution in [3.05, 3.63) is 23.1 Å². The molecule has 0 aliphatic carbocycles. The first-order valence-corrected chi connectivity index (χ1v) is 9.39. The summed E-state index contributed by atoms with van der Waals surface area (Å²) in [7, 11) is -2.91. The van der Waals surface area contributed by atoms with Gasteiger partial charge in [0.1, 0.15) is 21.2 Å². The van der Waals surface area contributed by atoms with E-state index in [0.717, 1.165) is 0 Å². The van der Waals surface area contributed by atoms with Crippen LogP contribution in [0.1, 0.15) is 37.0 Å². The fourth-order valence-electron chi connectivity index (χ4n) is 2.75. The molecule has 1 saturated heterocycles. The van der Waals surface area contributed by atoms with Gasteiger partial charge in [-0.2, -0.15) is 0 Å². The lowest BCUT2D eigenvalue weighted by Crippen LogP contribution is -2.26. The van der Waals surface area contributed by atoms with Crippen LogP contribution >= 0.6 is 23.2 Å². The summed E-state index contributed by atoms with van der Waals surface area (Å²) in [5.74, 6) is 1.10. The van der Waals surface area contributed by atoms with E-state index in [-0.39, 0.29) is 22.9 Å². The first kappa shape index (κ1) is 15.1. The van der Waals surface area contributed by atoms with Crippen LogP contribution in [0.4, 0.5) is 0 Å². The molecule has 0 spiro atoms. The Morgan fingerprint density at radius 2 is 2.05 bits per heavy atom. The van der Waals surface area contributed by atoms with E-state index in [2.05, 4.69) is 9.97 Å². The summed E-state index contributed by atoms with van der Waals surface area (Å²) < 4.78 is 25.2. The monoisotopic (exact) mass is 347 g/mol. The third-order valence-corrected chi connectivity index (χ3v) is 5.89. The molecule has 2 aromatic rings. The van der Waals surface area contributed by atoms with E-state index in [4.69, 9.17) is 23.2 Å². The van der Waals surface area contributed by atoms with Crippen molar-refractivity contribution in [1.82, 2.24) is 14.5 Å². The molecule has 0 radical (unpaired) electrons. The summed E-state index contributed by atoms with van der Waals surface area (Å²) in [5, 5.41) is 0.239. The van der Waals surface area contributed by atoms with Crippen LogP contribution in [0, 0.1) is 0 Å². The zero-order valence-corrected chi connectivity index (χ0v) is 13.8. The van der Waals surface area contributed by atoms with Crippen LogP contribution in [0.3, 0.4) is 0 Å². The van der Waals surface area contributed by atoms with Crippen LogP contribution in [0.5, 0.6) is 0 Å². The van der Waals surface area contributed by atoms with Crippen molar-refractivity contribution in [3.8, 4) is 0 Å². The van der Waals surface area contributed by atoms with Crippen molar-refractivity contribution in [3.63, 3.8) is 0 Å². The second-order valence-electron chi connectivity index (χ2n) is 5.34. The lowest BCUT2D eigenvalue weighted by atomic mass is 10.1. The smallest absolute Gasteiger partial charge is 0.160 e. The Bertz CT molecular complexity index is 772. The molecule has 1 aliphatic rings. The molecule has 0 bridgehead atoms. The largest absolute Gasteiger partial charge is 0.308 e. The Morgan fingerprint density at radius 1 is 1.38 bits per heavy atom. The molecule has 2 aromatic heterocycles. The van der Waals surface area contributed by atoms with Gasteiger partial charge in [0.25, 0.3) is 0 Å². The van der Waals surface area contributed by atoms with Crippen LogP contribution in [-0.2, 0) is 9.84 Å². The van der Waals surface area contributed by atoms with Crippen LogP contribution in [-0.4, -0.2) is 34.5 Å². The van der Waals surface area contributed by atoms with E-state index in [1.54, 1.807) is 12.3 Å². The minimum absolute atomic E-state index is 0.0587. The third-order valence-electron chi connectivity index (χ3n) is 3.77. The fraction of sp³-hybridized carbons (Fsp3) is 0.538. The highest BCUT2D eigenvalue weighted by Crippen LogP contribution is 2.33. The molecule has 1 atom stereocenters. The Morgan fingerprint density at radius 3 is 2.67 bits per heavy atom. The number of alkyl halides is 1. The number of sulfone groups is 1. The molecule has 5 nitrogen and oxygen atoms in total. The van der Waals surface area contributed by atoms with Crippen molar-refractivity contribution in [2.45, 2.75) is 31.2 Å². The van der Waals surface area contributed by atoms with Gasteiger partial charge in [-0.3, -0.25) is 0 Å². The molecule has 3 rings (SSSR count). The van der Waals surface area contributed by atoms with Gasteiger partial charge in [-0.15, -0.1) is 11.6 Å². The molecule has 1 fully saturated rings. The predicted molar refractivity (Wildman–Crippen MR) is 83.7 cm³/mol. The normalized spacial score (nSPS) is 20.7. The lowest BCUT2D eigenvalue weighted by Gasteiger charge is -2.25. The molecule has 114 valence electrons. The van der Waals surface area contributed by atoms with Gasteiger partial charge in [-0.05, 0) is 25.8 Å². The highest BCUT2D eigenvalue weighted by Gasteiger charge is 2.29. The summed E-state index contributed by atoms with van der Waals surface area (Å²) in [5.41, 5.74) is 1.41. The molecule has 0 amide bonds. The van der Waals surface area contributed by atoms with Crippen molar-refractivity contribution in [2.75, 3.05) is 11.5 Å². The number of nitrogens with zero attached hydrogens (tertiary/aromatic N) is 3. The van der Waals surface area contributed by atoms with Crippen LogP contribution in [0.2, 0.25) is 5.02 Å². The van der Waals surface area contributed by atoms with Crippen molar-refractivity contribution < 1.29 is 8.42 Å². The number of hydrogen-bond donors (Lipinski definition) is 0. The van der Waals surface area contributed by atoms with E-state index < -0.39 is 9.84 Å². The number of halogens is 2. The maximum atomic E-state index is 11.6. The van der Waals surface area contributed by atoms with Crippen molar-refractivity contribution in [2.24, 2.45) is 0 Å². The summed E-state index contributed by atoms with van der Waals surface area (Å²) in [6.45, 7) is 1.85. The number of hydrogen-bond acceptors (Lipinski definition) is 4. The van der Waals surface area contributed by atoms with Gasteiger partial charge >= 0.3 is 0 Å². The predicted octanol–water partition coefficient (Wildman–Crippen LogP) is 3.13. The van der Waals surface area contributed by atoms with E-state index in [1.807, 2.05) is 11.5 Å². The maximum Gasteiger partial charge on any atom is 0.160 e. The quantitative estimate of drug-likeness (QED) is 0.782. The van der Waals surface area contributed by atoms with Gasteiger partial charge in [0.05, 0.1) is 21.9 Å². The van der Waals surface area contributed by atoms with Gasteiger partial charge in [-0.1, -0.05) is 11.6 Å². The number of fused-ring (bicyclic) bond motifs is 1. The number of rotatable bonds is 2. The second kappa shape index (κ2) is 5.41. The van der Waals surface area contributed by atoms with E-state index in [1.165, 1.54) is 0 Å². The molecule has 8 heteroatoms. The fourth-order valence-corrected chi connectivity index (χ4v) is 4.52. The third kappa shape index (κ3) is 2.89. The molecule has 1 unspecified atom stereocenters. The minimum Gasteiger partial charge on any atom is -0.308 e. The summed E-state index contributed by atoms with van der Waals surface area (Å²) in [4.78, 5) is 8.87. The number of imidazole rings is 1. The molecule has 1 aliphatic heterocycles. The van der Waals surface area contributed by atoms with Gasteiger partial charge in [0.15, 0.2) is 5.65 Å². The topological polar surface area (TPSA) is 64.8 Å². The molecule has 3 heterocycles. The number of pyridine rings is 1. The summed E-state index contributed by atoms with van der Waals surface area (Å²) in [6.07, 6.45) is 2.70. The maximum absolute atomic E-state index is 11.6. The molecule has 0 saturated carbocycles. The highest BCUT2D eigenvalue weighted by atomic mass is 35.5. The summed E-state index contributed by atoms with van der Waals surface area (Å²) in [6, 6.07) is 1.81. The van der Waals surface area contributed by atoms with E-state index >= 15 is 0 Å². The number of aromatic nitrogens is 3. The van der Waals surface area contributed by atoms with Crippen molar-refractivity contribution >= 4 is 44.2 Å². The molecule has 0 N–H and O–H groups in total. The second-order valence-corrected chi connectivity index (χ2v) is 8.73. The van der Waals surface area contributed by atoms with E-state index in [9.17, 15) is 8.42 Å². The van der Waals surface area contributed by atoms with Gasteiger partial charge in [0, 0.05) is 12.2 Å². The Kier molecular flexibility index (Phi) is 3.88. The van der Waals surface area contributed by atoms with Gasteiger partial charge in [-0.25, -0.2) is 18.4 Å². The molecular formula is C13H15Cl2N3O2S. The van der Waals surface area contributed by atoms with Gasteiger partial charge < -0.3 is 4.57 Å². The van der Waals surface area contributed by atoms with E-state index in [0.29, 0.717) is 34.9 Å². The minimum atomic E-state index is -2.91. The van der Waals surface area contributed by atoms with Crippen molar-refractivity contribution in [1.29, 1.82) is 0 Å². The zero-order chi connectivity index (χ0) is 15.2. The Balaban J connectivity index is 2.10. The molecule has 21 heavy (non-hydrogen) atoms. The van der Waals surface area contributed by atoms with Crippen LogP contribution < -0.4 is 0 Å². The molecule has 0 aromatic carbocycles. The highest BCUT2D eigenvalue weighted by molar-refractivity contribution is 7.91. The summed E-state index contributed by atoms with van der Waals surface area (Å²) >= 11 is 12.2. The van der Waals surface area contributed by atoms with Gasteiger partial charge in [0.2, 0.25) is 0 Å². The standard InChI is InChI=1S/C13H15Cl2N3O2S/c1-8(14)12-17-11-6-9(15)7-16-13(11)18(12)10-2-4-21(19,20)5-3-10/h6-8,10H,2-5H2,1H3. The Labute approximate surface area is 133 Å². The SMILES string of the molecule is CC(Cl)c1nc2cc(Cl)cnc2n1C1CCS(=O)(=O)CC1. The average Bonchev–Trinajstić information content (AvgIpc) is 2.77. The van der Waals surface area contributed by atoms with Crippen LogP contribution in [0.25, 0.3) is 11.2 Å². The first-order chi connectivity index (χ1) is 9.87. The first-order valence-electron chi connectivity index (χ1n) is 6.75. The molecular weight excluding hydrogens is 333 g/mol. The zero-order valence-electron chi connectivity index (χ0n) is 11.5. The Hall–Kier alpha value is -0.850.